The summed E-state index contributed by atoms with van der Waals surface area (Å²) in [6.45, 7) is 4.45. The van der Waals surface area contributed by atoms with Gasteiger partial charge in [0.05, 0.1) is 42.6 Å². The van der Waals surface area contributed by atoms with E-state index in [9.17, 15) is 14.4 Å². The SMILES string of the molecule is CCn1ncc2cc(CNCCc3ccc(NC(=O)c4cc(OC)c(OC)cc4NC(=O)c4cc(=O)c5ccccc5o4)cc3)ccc21. The fraction of sp³-hybridized carbons (Fsp3) is 0.189. The van der Waals surface area contributed by atoms with Gasteiger partial charge in [0.15, 0.2) is 22.7 Å². The van der Waals surface area contributed by atoms with Crippen molar-refractivity contribution in [1.29, 1.82) is 0 Å². The van der Waals surface area contributed by atoms with Gasteiger partial charge < -0.3 is 29.8 Å². The van der Waals surface area contributed by atoms with E-state index in [2.05, 4.69) is 46.2 Å². The molecule has 2 aromatic heterocycles. The van der Waals surface area contributed by atoms with Crippen LogP contribution in [0.3, 0.4) is 0 Å². The van der Waals surface area contributed by atoms with Crippen molar-refractivity contribution < 1.29 is 23.5 Å². The standard InChI is InChI=1S/C37H35N5O6/c1-4-42-30-14-11-24(17-25(30)22-39-42)21-38-16-15-23-9-12-26(13-10-23)40-36(44)28-18-33(46-2)34(47-3)19-29(28)41-37(45)35-20-31(43)27-7-5-6-8-32(27)48-35/h5-14,17-20,22,38H,4,15-16,21H2,1-3H3,(H,40,44)(H,41,45). The molecule has 0 aliphatic heterocycles. The van der Waals surface area contributed by atoms with E-state index in [-0.39, 0.29) is 28.0 Å². The van der Waals surface area contributed by atoms with Crippen LogP contribution in [-0.4, -0.2) is 42.4 Å². The van der Waals surface area contributed by atoms with Crippen molar-refractivity contribution in [2.45, 2.75) is 26.4 Å². The zero-order valence-electron chi connectivity index (χ0n) is 26.8. The van der Waals surface area contributed by atoms with Crippen LogP contribution in [0.15, 0.2) is 100 Å². The number of para-hydroxylation sites is 1. The van der Waals surface area contributed by atoms with Crippen LogP contribution >= 0.6 is 0 Å². The topological polar surface area (TPSA) is 137 Å². The second kappa shape index (κ2) is 14.2. The Hall–Kier alpha value is -5.94. The number of nitrogens with zero attached hydrogens (tertiary/aromatic N) is 2. The highest BCUT2D eigenvalue weighted by atomic mass is 16.5. The number of rotatable bonds is 12. The minimum absolute atomic E-state index is 0.123. The number of aromatic nitrogens is 2. The van der Waals surface area contributed by atoms with Crippen LogP contribution in [0.1, 0.15) is 39.0 Å². The lowest BCUT2D eigenvalue weighted by Crippen LogP contribution is -2.20. The number of aryl methyl sites for hydroxylation is 1. The van der Waals surface area contributed by atoms with Crippen LogP contribution in [0.4, 0.5) is 11.4 Å². The van der Waals surface area contributed by atoms with Gasteiger partial charge in [-0.1, -0.05) is 30.3 Å². The third-order valence-electron chi connectivity index (χ3n) is 8.01. The Kier molecular flexibility index (Phi) is 9.49. The summed E-state index contributed by atoms with van der Waals surface area (Å²) in [4.78, 5) is 39.3. The first-order valence-corrected chi connectivity index (χ1v) is 15.5. The van der Waals surface area contributed by atoms with Gasteiger partial charge in [0.25, 0.3) is 11.8 Å². The number of ether oxygens (including phenoxy) is 2. The fourth-order valence-corrected chi connectivity index (χ4v) is 5.49. The molecule has 0 fully saturated rings. The van der Waals surface area contributed by atoms with Gasteiger partial charge >= 0.3 is 0 Å². The van der Waals surface area contributed by atoms with Gasteiger partial charge in [-0.3, -0.25) is 19.1 Å². The quantitative estimate of drug-likeness (QED) is 0.138. The number of hydrogen-bond donors (Lipinski definition) is 3. The largest absolute Gasteiger partial charge is 0.493 e. The predicted molar refractivity (Wildman–Crippen MR) is 185 cm³/mol. The Bertz CT molecular complexity index is 2170. The van der Waals surface area contributed by atoms with Crippen LogP contribution < -0.4 is 30.9 Å². The van der Waals surface area contributed by atoms with Crippen LogP contribution in [0, 0.1) is 0 Å². The minimum atomic E-state index is -0.703. The molecule has 0 spiro atoms. The van der Waals surface area contributed by atoms with E-state index in [4.69, 9.17) is 13.9 Å². The summed E-state index contributed by atoms with van der Waals surface area (Å²) in [5.41, 5.74) is 4.20. The Balaban J connectivity index is 1.11. The molecule has 0 saturated heterocycles. The molecular formula is C37H35N5O6. The highest BCUT2D eigenvalue weighted by molar-refractivity contribution is 6.12. The van der Waals surface area contributed by atoms with E-state index in [1.54, 1.807) is 24.3 Å². The number of amides is 2. The number of hydrogen-bond acceptors (Lipinski definition) is 8. The third kappa shape index (κ3) is 6.91. The van der Waals surface area contributed by atoms with E-state index in [1.807, 2.05) is 35.1 Å². The first-order chi connectivity index (χ1) is 23.4. The van der Waals surface area contributed by atoms with E-state index in [1.165, 1.54) is 31.9 Å². The summed E-state index contributed by atoms with van der Waals surface area (Å²) in [5.74, 6) is -0.783. The molecular weight excluding hydrogens is 610 g/mol. The van der Waals surface area contributed by atoms with Crippen molar-refractivity contribution in [2.75, 3.05) is 31.4 Å². The fourth-order valence-electron chi connectivity index (χ4n) is 5.49. The molecule has 2 amide bonds. The van der Waals surface area contributed by atoms with E-state index >= 15 is 0 Å². The maximum Gasteiger partial charge on any atom is 0.291 e. The maximum atomic E-state index is 13.5. The third-order valence-corrected chi connectivity index (χ3v) is 8.01. The number of fused-ring (bicyclic) bond motifs is 2. The smallest absolute Gasteiger partial charge is 0.291 e. The van der Waals surface area contributed by atoms with Crippen LogP contribution in [0.25, 0.3) is 21.9 Å². The predicted octanol–water partition coefficient (Wildman–Crippen LogP) is 6.02. The summed E-state index contributed by atoms with van der Waals surface area (Å²) in [6.07, 6.45) is 2.71. The van der Waals surface area contributed by atoms with E-state index < -0.39 is 11.8 Å². The van der Waals surface area contributed by atoms with Crippen molar-refractivity contribution in [3.8, 4) is 11.5 Å². The van der Waals surface area contributed by atoms with Gasteiger partial charge in [0, 0.05) is 36.3 Å². The zero-order valence-corrected chi connectivity index (χ0v) is 26.8. The van der Waals surface area contributed by atoms with Crippen molar-refractivity contribution in [3.05, 3.63) is 124 Å². The summed E-state index contributed by atoms with van der Waals surface area (Å²) < 4.78 is 18.5. The number of methoxy groups -OCH3 is 2. The molecule has 6 rings (SSSR count). The average molecular weight is 646 g/mol. The monoisotopic (exact) mass is 645 g/mol. The molecule has 11 heteroatoms. The van der Waals surface area contributed by atoms with Gasteiger partial charge in [-0.05, 0) is 73.5 Å². The molecule has 0 unspecified atom stereocenters. The van der Waals surface area contributed by atoms with E-state index in [0.29, 0.717) is 22.6 Å². The lowest BCUT2D eigenvalue weighted by atomic mass is 10.1. The Morgan fingerprint density at radius 1 is 0.854 bits per heavy atom. The van der Waals surface area contributed by atoms with Crippen molar-refractivity contribution in [1.82, 2.24) is 15.1 Å². The number of carbonyl (C=O) groups excluding carboxylic acids is 2. The summed E-state index contributed by atoms with van der Waals surface area (Å²) in [6, 6.07) is 24.7. The molecule has 0 aliphatic carbocycles. The lowest BCUT2D eigenvalue weighted by Gasteiger charge is -2.16. The molecule has 244 valence electrons. The second-order valence-electron chi connectivity index (χ2n) is 11.1. The Morgan fingerprint density at radius 2 is 1.60 bits per heavy atom. The molecule has 0 aliphatic rings. The summed E-state index contributed by atoms with van der Waals surface area (Å²) in [5, 5.41) is 15.0. The molecule has 2 heterocycles. The highest BCUT2D eigenvalue weighted by Gasteiger charge is 2.21. The number of carbonyl (C=O) groups is 2. The molecule has 0 atom stereocenters. The van der Waals surface area contributed by atoms with Gasteiger partial charge in [-0.25, -0.2) is 0 Å². The van der Waals surface area contributed by atoms with Gasteiger partial charge in [-0.2, -0.15) is 5.10 Å². The van der Waals surface area contributed by atoms with Crippen molar-refractivity contribution in [2.24, 2.45) is 0 Å². The minimum Gasteiger partial charge on any atom is -0.493 e. The van der Waals surface area contributed by atoms with Gasteiger partial charge in [-0.15, -0.1) is 0 Å². The van der Waals surface area contributed by atoms with E-state index in [0.717, 1.165) is 48.6 Å². The van der Waals surface area contributed by atoms with Crippen LogP contribution in [0.5, 0.6) is 11.5 Å². The molecule has 4 aromatic carbocycles. The summed E-state index contributed by atoms with van der Waals surface area (Å²) >= 11 is 0. The van der Waals surface area contributed by atoms with Crippen molar-refractivity contribution in [3.63, 3.8) is 0 Å². The zero-order chi connectivity index (χ0) is 33.6. The second-order valence-corrected chi connectivity index (χ2v) is 11.1. The number of anilines is 2. The molecule has 11 nitrogen and oxygen atoms in total. The van der Waals surface area contributed by atoms with Crippen LogP contribution in [-0.2, 0) is 19.5 Å². The molecule has 0 radical (unpaired) electrons. The Labute approximate surface area is 276 Å². The summed E-state index contributed by atoms with van der Waals surface area (Å²) in [7, 11) is 2.90. The molecule has 0 bridgehead atoms. The molecule has 48 heavy (non-hydrogen) atoms. The number of benzene rings is 4. The van der Waals surface area contributed by atoms with Crippen molar-refractivity contribution >= 4 is 45.1 Å². The van der Waals surface area contributed by atoms with Crippen LogP contribution in [0.2, 0.25) is 0 Å². The average Bonchev–Trinajstić information content (AvgIpc) is 3.53. The first kappa shape index (κ1) is 32.0. The maximum absolute atomic E-state index is 13.5. The normalized spacial score (nSPS) is 11.1. The molecule has 6 aromatic rings. The highest BCUT2D eigenvalue weighted by Crippen LogP contribution is 2.34. The molecule has 0 saturated carbocycles. The molecule has 3 N–H and O–H groups in total. The number of nitrogens with one attached hydrogen (secondary N) is 3. The van der Waals surface area contributed by atoms with Gasteiger partial charge in [0.2, 0.25) is 0 Å². The van der Waals surface area contributed by atoms with Gasteiger partial charge in [0.1, 0.15) is 5.58 Å². The lowest BCUT2D eigenvalue weighted by molar-refractivity contribution is 0.0997. The Morgan fingerprint density at radius 3 is 2.38 bits per heavy atom. The first-order valence-electron chi connectivity index (χ1n) is 15.5.